The van der Waals surface area contributed by atoms with E-state index < -0.39 is 5.97 Å². The first-order chi connectivity index (χ1) is 10.3. The van der Waals surface area contributed by atoms with Crippen LogP contribution in [0.3, 0.4) is 0 Å². The predicted molar refractivity (Wildman–Crippen MR) is 106 cm³/mol. The van der Waals surface area contributed by atoms with Crippen LogP contribution < -0.4 is 29.9 Å². The molecule has 26 heavy (non-hydrogen) atoms. The van der Waals surface area contributed by atoms with Crippen molar-refractivity contribution in [3.05, 3.63) is 12.2 Å². The summed E-state index contributed by atoms with van der Waals surface area (Å²) in [6.07, 6.45) is 0. The minimum absolute atomic E-state index is 0. The van der Waals surface area contributed by atoms with E-state index >= 15 is 0 Å². The number of carboxylic acids is 1. The maximum absolute atomic E-state index is 9.49. The summed E-state index contributed by atoms with van der Waals surface area (Å²) in [6, 6.07) is 0. The molecule has 0 aliphatic rings. The normalized spacial score (nSPS) is 10.0. The molecule has 0 spiro atoms. The van der Waals surface area contributed by atoms with Gasteiger partial charge >= 0.3 is 0 Å². The molecular formula is C19H47Cl2N3O2. The third-order valence-corrected chi connectivity index (χ3v) is 3.19. The van der Waals surface area contributed by atoms with E-state index in [2.05, 4.69) is 90.8 Å². The van der Waals surface area contributed by atoms with Gasteiger partial charge in [-0.25, -0.2) is 0 Å². The summed E-state index contributed by atoms with van der Waals surface area (Å²) in [5.41, 5.74) is 0.0648. The van der Waals surface area contributed by atoms with Crippen molar-refractivity contribution in [2.24, 2.45) is 0 Å². The number of halogens is 2. The smallest absolute Gasteiger partial charge is 0.0751 e. The summed E-state index contributed by atoms with van der Waals surface area (Å²) in [5.74, 6) is -1.19. The van der Waals surface area contributed by atoms with Crippen molar-refractivity contribution in [1.29, 1.82) is 0 Å². The zero-order valence-corrected chi connectivity index (χ0v) is 21.3. The third kappa shape index (κ3) is 75.8. The minimum atomic E-state index is -1.19. The number of nitrogens with zero attached hydrogens (tertiary/aromatic N) is 3. The lowest BCUT2D eigenvalue weighted by atomic mass is 10.4. The molecule has 0 bridgehead atoms. The highest BCUT2D eigenvalue weighted by Crippen LogP contribution is 1.84. The fourth-order valence-electron chi connectivity index (χ4n) is 0. The number of rotatable bonds is 4. The van der Waals surface area contributed by atoms with Crippen LogP contribution in [-0.2, 0) is 4.79 Å². The molecule has 7 heteroatoms. The van der Waals surface area contributed by atoms with Gasteiger partial charge in [0.1, 0.15) is 0 Å². The molecule has 0 radical (unpaired) electrons. The monoisotopic (exact) mass is 419 g/mol. The Balaban J connectivity index is -0.0000000500. The SMILES string of the molecule is C=C(C)C(=O)[O-].CC[N+](C)(C)C.CC[N+](C)(C)C.CC[N+](C)(C)C.[Cl-].[Cl-]. The van der Waals surface area contributed by atoms with Crippen molar-refractivity contribution < 1.29 is 48.2 Å². The molecule has 0 rings (SSSR count). The fraction of sp³-hybridized carbons (Fsp3) is 0.842. The zero-order valence-electron chi connectivity index (χ0n) is 19.7. The molecule has 0 fully saturated rings. The number of carbonyl (C=O) groups excluding carboxylic acids is 1. The quantitative estimate of drug-likeness (QED) is 0.340. The van der Waals surface area contributed by atoms with Crippen molar-refractivity contribution >= 4 is 5.97 Å². The van der Waals surface area contributed by atoms with Crippen LogP contribution in [0.5, 0.6) is 0 Å². The minimum Gasteiger partial charge on any atom is -1.00 e. The Morgan fingerprint density at radius 2 is 0.769 bits per heavy atom. The molecule has 164 valence electrons. The molecule has 0 aliphatic carbocycles. The molecule has 0 aromatic carbocycles. The summed E-state index contributed by atoms with van der Waals surface area (Å²) in [4.78, 5) is 9.49. The second kappa shape index (κ2) is 19.4. The first-order valence-electron chi connectivity index (χ1n) is 8.61. The molecule has 0 heterocycles. The molecule has 0 aliphatic heterocycles. The second-order valence-electron chi connectivity index (χ2n) is 8.89. The van der Waals surface area contributed by atoms with Gasteiger partial charge in [-0.1, -0.05) is 6.58 Å². The highest BCUT2D eigenvalue weighted by Gasteiger charge is 1.98. The van der Waals surface area contributed by atoms with E-state index in [1.807, 2.05) is 0 Å². The van der Waals surface area contributed by atoms with E-state index in [9.17, 15) is 9.90 Å². The van der Waals surface area contributed by atoms with Crippen molar-refractivity contribution in [3.8, 4) is 0 Å². The van der Waals surface area contributed by atoms with Crippen molar-refractivity contribution in [3.63, 3.8) is 0 Å². The summed E-state index contributed by atoms with van der Waals surface area (Å²) in [6.45, 7) is 14.6. The molecular weight excluding hydrogens is 373 g/mol. The lowest BCUT2D eigenvalue weighted by Crippen LogP contribution is -3.00. The van der Waals surface area contributed by atoms with Crippen LogP contribution in [0.2, 0.25) is 0 Å². The maximum atomic E-state index is 9.49. The highest BCUT2D eigenvalue weighted by atomic mass is 35.5. The first-order valence-corrected chi connectivity index (χ1v) is 8.61. The van der Waals surface area contributed by atoms with Gasteiger partial charge in [-0.15, -0.1) is 0 Å². The van der Waals surface area contributed by atoms with Crippen LogP contribution in [0.4, 0.5) is 0 Å². The van der Waals surface area contributed by atoms with E-state index in [0.717, 1.165) is 13.4 Å². The molecule has 0 aromatic rings. The van der Waals surface area contributed by atoms with Crippen LogP contribution in [0.1, 0.15) is 27.7 Å². The van der Waals surface area contributed by atoms with Crippen LogP contribution in [0, 0.1) is 0 Å². The molecule has 0 atom stereocenters. The zero-order chi connectivity index (χ0) is 20.8. The molecule has 0 amide bonds. The van der Waals surface area contributed by atoms with Gasteiger partial charge in [0.05, 0.1) is 89.0 Å². The van der Waals surface area contributed by atoms with Gasteiger partial charge in [-0.05, 0) is 33.3 Å². The van der Waals surface area contributed by atoms with Crippen molar-refractivity contribution in [2.45, 2.75) is 27.7 Å². The lowest BCUT2D eigenvalue weighted by Gasteiger charge is -2.20. The summed E-state index contributed by atoms with van der Waals surface area (Å²) in [5, 5.41) is 9.49. The van der Waals surface area contributed by atoms with Gasteiger partial charge in [0.2, 0.25) is 0 Å². The molecule has 0 N–H and O–H groups in total. The predicted octanol–water partition coefficient (Wildman–Crippen LogP) is -4.54. The molecule has 0 aromatic heterocycles. The molecule has 0 unspecified atom stereocenters. The summed E-state index contributed by atoms with van der Waals surface area (Å²) >= 11 is 0. The van der Waals surface area contributed by atoms with Gasteiger partial charge in [0, 0.05) is 0 Å². The van der Waals surface area contributed by atoms with E-state index in [1.54, 1.807) is 0 Å². The number of quaternary nitrogens is 3. The van der Waals surface area contributed by atoms with Crippen molar-refractivity contribution in [1.82, 2.24) is 0 Å². The van der Waals surface area contributed by atoms with Gasteiger partial charge < -0.3 is 48.2 Å². The van der Waals surface area contributed by atoms with Crippen LogP contribution in [0.25, 0.3) is 0 Å². The Labute approximate surface area is 177 Å². The van der Waals surface area contributed by atoms with Gasteiger partial charge in [0.15, 0.2) is 0 Å². The number of hydrogen-bond acceptors (Lipinski definition) is 2. The Bertz CT molecular complexity index is 284. The number of carbonyl (C=O) groups is 1. The Morgan fingerprint density at radius 1 is 0.692 bits per heavy atom. The topological polar surface area (TPSA) is 40.1 Å². The van der Waals surface area contributed by atoms with E-state index in [0.29, 0.717) is 0 Å². The molecule has 0 saturated carbocycles. The van der Waals surface area contributed by atoms with Crippen molar-refractivity contribution in [2.75, 3.05) is 83.1 Å². The Hall–Kier alpha value is -0.330. The van der Waals surface area contributed by atoms with E-state index in [1.165, 1.54) is 26.6 Å². The molecule has 0 saturated heterocycles. The summed E-state index contributed by atoms with van der Waals surface area (Å²) in [7, 11) is 19.6. The van der Waals surface area contributed by atoms with E-state index in [-0.39, 0.29) is 30.4 Å². The average molecular weight is 421 g/mol. The Kier molecular flexibility index (Phi) is 30.2. The third-order valence-electron chi connectivity index (χ3n) is 3.19. The number of carboxylic acid groups (broad SMARTS) is 1. The Morgan fingerprint density at radius 3 is 0.769 bits per heavy atom. The lowest BCUT2D eigenvalue weighted by molar-refractivity contribution is -0.868. The van der Waals surface area contributed by atoms with Crippen LogP contribution >= 0.6 is 0 Å². The van der Waals surface area contributed by atoms with Crippen LogP contribution in [0.15, 0.2) is 12.2 Å². The van der Waals surface area contributed by atoms with Crippen LogP contribution in [-0.4, -0.2) is 102 Å². The second-order valence-corrected chi connectivity index (χ2v) is 8.89. The van der Waals surface area contributed by atoms with Gasteiger partial charge in [-0.3, -0.25) is 0 Å². The standard InChI is InChI=1S/3C5H14N.C4H6O2.2ClH/c3*1-5-6(2,3)4;1-3(2)4(5)6;;/h3*5H2,1-4H3;1H2,2H3,(H,5,6);2*1H/q3*+1;;;/p-3. The van der Waals surface area contributed by atoms with Gasteiger partial charge in [-0.2, -0.15) is 0 Å². The largest absolute Gasteiger partial charge is 1.00 e. The first kappa shape index (κ1) is 40.4. The summed E-state index contributed by atoms with van der Waals surface area (Å²) < 4.78 is 3.21. The average Bonchev–Trinajstić information content (AvgIpc) is 2.38. The maximum Gasteiger partial charge on any atom is 0.0751 e. The van der Waals surface area contributed by atoms with Gasteiger partial charge in [0.25, 0.3) is 0 Å². The molecule has 5 nitrogen and oxygen atoms in total. The van der Waals surface area contributed by atoms with E-state index in [4.69, 9.17) is 0 Å². The highest BCUT2D eigenvalue weighted by molar-refractivity contribution is 5.82. The number of aliphatic carboxylic acids is 1. The fourth-order valence-corrected chi connectivity index (χ4v) is 0. The number of hydrogen-bond donors (Lipinski definition) is 0.